The van der Waals surface area contributed by atoms with Gasteiger partial charge in [0.15, 0.2) is 0 Å². The highest BCUT2D eigenvalue weighted by Gasteiger charge is 2.34. The molecule has 1 aromatic carbocycles. The van der Waals surface area contributed by atoms with E-state index in [0.29, 0.717) is 26.2 Å². The highest BCUT2D eigenvalue weighted by molar-refractivity contribution is 6.37. The third-order valence-electron chi connectivity index (χ3n) is 4.62. The summed E-state index contributed by atoms with van der Waals surface area (Å²) in [6, 6.07) is 7.83. The van der Waals surface area contributed by atoms with Gasteiger partial charge in [-0.25, -0.2) is 0 Å². The van der Waals surface area contributed by atoms with Gasteiger partial charge in [-0.1, -0.05) is 6.07 Å². The maximum absolute atomic E-state index is 12.2. The molecule has 1 aliphatic heterocycles. The monoisotopic (exact) mass is 345 g/mol. The first kappa shape index (κ1) is 17.3. The minimum Gasteiger partial charge on any atom is -0.497 e. The molecule has 2 amide bonds. The second-order valence-corrected chi connectivity index (χ2v) is 6.39. The van der Waals surface area contributed by atoms with Crippen molar-refractivity contribution in [2.75, 3.05) is 44.7 Å². The molecule has 0 spiro atoms. The molecule has 1 aliphatic carbocycles. The number of benzene rings is 1. The van der Waals surface area contributed by atoms with Crippen molar-refractivity contribution in [1.82, 2.24) is 10.2 Å². The largest absolute Gasteiger partial charge is 0.497 e. The lowest BCUT2D eigenvalue weighted by Crippen LogP contribution is -2.51. The molecule has 1 aromatic rings. The lowest BCUT2D eigenvalue weighted by Gasteiger charge is -2.36. The Labute approximate surface area is 146 Å². The molecule has 7 nitrogen and oxygen atoms in total. The van der Waals surface area contributed by atoms with Crippen LogP contribution in [0.1, 0.15) is 12.8 Å². The van der Waals surface area contributed by atoms with Crippen LogP contribution in [-0.4, -0.2) is 62.3 Å². The third kappa shape index (κ3) is 4.29. The van der Waals surface area contributed by atoms with E-state index in [0.717, 1.165) is 24.3 Å². The number of carbonyl (C=O) groups is 3. The first-order valence-corrected chi connectivity index (χ1v) is 8.57. The van der Waals surface area contributed by atoms with Gasteiger partial charge in [0.1, 0.15) is 5.75 Å². The molecule has 1 N–H and O–H groups in total. The molecular weight excluding hydrogens is 322 g/mol. The smallest absolute Gasteiger partial charge is 0.288 e. The molecule has 134 valence electrons. The molecule has 3 rings (SSSR count). The van der Waals surface area contributed by atoms with E-state index in [9.17, 15) is 14.4 Å². The number of ether oxygens (including phenoxy) is 1. The highest BCUT2D eigenvalue weighted by Crippen LogP contribution is 2.29. The van der Waals surface area contributed by atoms with Gasteiger partial charge in [-0.05, 0) is 25.0 Å². The molecule has 2 aliphatic rings. The van der Waals surface area contributed by atoms with Crippen molar-refractivity contribution >= 4 is 23.3 Å². The molecular formula is C18H23N3O4. The molecule has 1 heterocycles. The summed E-state index contributed by atoms with van der Waals surface area (Å²) in [5.74, 6) is -0.496. The maximum Gasteiger partial charge on any atom is 0.288 e. The van der Waals surface area contributed by atoms with Crippen molar-refractivity contribution in [3.63, 3.8) is 0 Å². The van der Waals surface area contributed by atoms with E-state index in [1.54, 1.807) is 12.0 Å². The van der Waals surface area contributed by atoms with Gasteiger partial charge in [0.25, 0.3) is 5.91 Å². The second kappa shape index (κ2) is 7.55. The number of nitrogens with one attached hydrogen (secondary N) is 1. The van der Waals surface area contributed by atoms with Crippen LogP contribution in [0.3, 0.4) is 0 Å². The van der Waals surface area contributed by atoms with Gasteiger partial charge in [-0.2, -0.15) is 0 Å². The zero-order valence-corrected chi connectivity index (χ0v) is 14.4. The number of rotatable bonds is 6. The van der Waals surface area contributed by atoms with Gasteiger partial charge in [-0.3, -0.25) is 14.4 Å². The number of Topliss-reactive ketones (excluding diaryl/α,β-unsaturated/α-hetero) is 1. The Morgan fingerprint density at radius 2 is 1.88 bits per heavy atom. The van der Waals surface area contributed by atoms with E-state index in [1.165, 1.54) is 0 Å². The molecule has 0 aromatic heterocycles. The average Bonchev–Trinajstić information content (AvgIpc) is 3.50. The van der Waals surface area contributed by atoms with Crippen molar-refractivity contribution in [2.45, 2.75) is 12.8 Å². The third-order valence-corrected chi connectivity index (χ3v) is 4.62. The van der Waals surface area contributed by atoms with Crippen LogP contribution in [-0.2, 0) is 14.4 Å². The number of carbonyl (C=O) groups excluding carboxylic acids is 3. The van der Waals surface area contributed by atoms with Gasteiger partial charge in [0.2, 0.25) is 11.7 Å². The standard InChI is InChI=1S/C18H23N3O4/c1-25-15-4-2-3-14(11-15)20-7-9-21(10-8-20)16(22)12-19-18(24)17(23)13-5-6-13/h2-4,11,13H,5-10,12H2,1H3,(H,19,24). The van der Waals surface area contributed by atoms with Gasteiger partial charge >= 0.3 is 0 Å². The first-order chi connectivity index (χ1) is 12.1. The summed E-state index contributed by atoms with van der Waals surface area (Å²) in [4.78, 5) is 39.4. The number of methoxy groups -OCH3 is 1. The minimum atomic E-state index is -0.633. The predicted octanol–water partition coefficient (Wildman–Crippen LogP) is 0.439. The Bertz CT molecular complexity index is 664. The summed E-state index contributed by atoms with van der Waals surface area (Å²) in [6.07, 6.45) is 1.57. The number of ketones is 1. The highest BCUT2D eigenvalue weighted by atomic mass is 16.5. The van der Waals surface area contributed by atoms with E-state index in [4.69, 9.17) is 4.74 Å². The quantitative estimate of drug-likeness (QED) is 0.757. The topological polar surface area (TPSA) is 79.0 Å². The van der Waals surface area contributed by atoms with E-state index >= 15 is 0 Å². The number of hydrogen-bond donors (Lipinski definition) is 1. The first-order valence-electron chi connectivity index (χ1n) is 8.57. The molecule has 2 fully saturated rings. The van der Waals surface area contributed by atoms with Crippen LogP contribution in [0.5, 0.6) is 5.75 Å². The fourth-order valence-corrected chi connectivity index (χ4v) is 2.91. The van der Waals surface area contributed by atoms with Crippen LogP contribution in [0.4, 0.5) is 5.69 Å². The number of hydrogen-bond acceptors (Lipinski definition) is 5. The molecule has 0 radical (unpaired) electrons. The molecule has 7 heteroatoms. The van der Waals surface area contributed by atoms with Crippen LogP contribution >= 0.6 is 0 Å². The van der Waals surface area contributed by atoms with Gasteiger partial charge in [0.05, 0.1) is 13.7 Å². The van der Waals surface area contributed by atoms with Crippen LogP contribution < -0.4 is 15.0 Å². The van der Waals surface area contributed by atoms with Crippen LogP contribution in [0.25, 0.3) is 0 Å². The van der Waals surface area contributed by atoms with Crippen LogP contribution in [0.2, 0.25) is 0 Å². The van der Waals surface area contributed by atoms with E-state index in [1.807, 2.05) is 24.3 Å². The minimum absolute atomic E-state index is 0.115. The molecule has 25 heavy (non-hydrogen) atoms. The summed E-state index contributed by atoms with van der Waals surface area (Å²) in [5, 5.41) is 2.45. The SMILES string of the molecule is COc1cccc(N2CCN(C(=O)CNC(=O)C(=O)C3CC3)CC2)c1. The number of piperazine rings is 1. The van der Waals surface area contributed by atoms with E-state index in [-0.39, 0.29) is 18.4 Å². The molecule has 1 saturated carbocycles. The predicted molar refractivity (Wildman–Crippen MR) is 92.5 cm³/mol. The Morgan fingerprint density at radius 1 is 1.16 bits per heavy atom. The van der Waals surface area contributed by atoms with E-state index < -0.39 is 11.7 Å². The number of anilines is 1. The Kier molecular flexibility index (Phi) is 5.21. The number of nitrogens with zero attached hydrogens (tertiary/aromatic N) is 2. The zero-order valence-electron chi connectivity index (χ0n) is 14.4. The summed E-state index contributed by atoms with van der Waals surface area (Å²) in [6.45, 7) is 2.49. The molecule has 0 atom stereocenters. The van der Waals surface area contributed by atoms with Crippen molar-refractivity contribution in [1.29, 1.82) is 0 Å². The Balaban J connectivity index is 1.45. The molecule has 0 unspecified atom stereocenters. The van der Waals surface area contributed by atoms with Crippen molar-refractivity contribution in [2.24, 2.45) is 5.92 Å². The van der Waals surface area contributed by atoms with Gasteiger partial charge in [-0.15, -0.1) is 0 Å². The lowest BCUT2D eigenvalue weighted by atomic mass is 10.2. The van der Waals surface area contributed by atoms with Gasteiger partial charge in [0, 0.05) is 43.9 Å². The fourth-order valence-electron chi connectivity index (χ4n) is 2.91. The van der Waals surface area contributed by atoms with Crippen LogP contribution in [0.15, 0.2) is 24.3 Å². The van der Waals surface area contributed by atoms with E-state index in [2.05, 4.69) is 10.2 Å². The molecule has 1 saturated heterocycles. The van der Waals surface area contributed by atoms with Gasteiger partial charge < -0.3 is 19.9 Å². The summed E-state index contributed by atoms with van der Waals surface area (Å²) >= 11 is 0. The lowest BCUT2D eigenvalue weighted by molar-refractivity contribution is -0.140. The average molecular weight is 345 g/mol. The Morgan fingerprint density at radius 3 is 2.52 bits per heavy atom. The van der Waals surface area contributed by atoms with Crippen LogP contribution in [0, 0.1) is 5.92 Å². The second-order valence-electron chi connectivity index (χ2n) is 6.39. The van der Waals surface area contributed by atoms with Crippen molar-refractivity contribution in [3.05, 3.63) is 24.3 Å². The number of amides is 2. The normalized spacial score (nSPS) is 17.2. The Hall–Kier alpha value is -2.57. The summed E-state index contributed by atoms with van der Waals surface area (Å²) < 4.78 is 5.24. The maximum atomic E-state index is 12.2. The fraction of sp³-hybridized carbons (Fsp3) is 0.500. The van der Waals surface area contributed by atoms with Crippen molar-refractivity contribution in [3.8, 4) is 5.75 Å². The molecule has 0 bridgehead atoms. The summed E-state index contributed by atoms with van der Waals surface area (Å²) in [7, 11) is 1.64. The van der Waals surface area contributed by atoms with Crippen molar-refractivity contribution < 1.29 is 19.1 Å². The zero-order chi connectivity index (χ0) is 17.8. The summed E-state index contributed by atoms with van der Waals surface area (Å²) in [5.41, 5.74) is 1.06.